The quantitative estimate of drug-likeness (QED) is 0.815. The number of hydrogen-bond donors (Lipinski definition) is 0. The number of rotatable bonds is 3. The summed E-state index contributed by atoms with van der Waals surface area (Å²) in [7, 11) is 1.57. The molecule has 6 heteroatoms. The molecule has 0 saturated carbocycles. The van der Waals surface area contributed by atoms with Gasteiger partial charge in [0, 0.05) is 13.1 Å². The van der Waals surface area contributed by atoms with E-state index in [1.807, 2.05) is 30.3 Å². The molecular weight excluding hydrogens is 278 g/mol. The molecule has 5 nitrogen and oxygen atoms in total. The highest BCUT2D eigenvalue weighted by atomic mass is 35.5. The Hall–Kier alpha value is -2.14. The summed E-state index contributed by atoms with van der Waals surface area (Å²) in [6.45, 7) is 1.92. The molecule has 104 valence electrons. The summed E-state index contributed by atoms with van der Waals surface area (Å²) in [5, 5.41) is 0.287. The van der Waals surface area contributed by atoms with Crippen molar-refractivity contribution in [1.29, 1.82) is 0 Å². The number of halogens is 1. The minimum Gasteiger partial charge on any atom is -0.444 e. The molecule has 1 aromatic heterocycles. The molecule has 0 bridgehead atoms. The smallest absolute Gasteiger partial charge is 0.415 e. The van der Waals surface area contributed by atoms with Gasteiger partial charge in [0.25, 0.3) is 0 Å². The van der Waals surface area contributed by atoms with E-state index in [1.54, 1.807) is 14.0 Å². The number of amides is 1. The second-order valence-electron chi connectivity index (χ2n) is 4.20. The molecule has 0 aliphatic heterocycles. The minimum absolute atomic E-state index is 0.210. The number of carbonyl (C=O) groups excluding carboxylic acids is 1. The number of hydrogen-bond acceptors (Lipinski definition) is 4. The predicted molar refractivity (Wildman–Crippen MR) is 76.8 cm³/mol. The maximum atomic E-state index is 11.9. The van der Waals surface area contributed by atoms with Crippen LogP contribution in [0.2, 0.25) is 5.15 Å². The van der Waals surface area contributed by atoms with Crippen LogP contribution in [0.15, 0.2) is 36.4 Å². The minimum atomic E-state index is -0.497. The summed E-state index contributed by atoms with van der Waals surface area (Å²) in [5.74, 6) is 0.899. The monoisotopic (exact) mass is 291 g/mol. The van der Waals surface area contributed by atoms with Gasteiger partial charge in [-0.15, -0.1) is 0 Å². The second-order valence-corrected chi connectivity index (χ2v) is 4.58. The summed E-state index contributed by atoms with van der Waals surface area (Å²) in [6, 6.07) is 11.0. The van der Waals surface area contributed by atoms with Gasteiger partial charge in [0.15, 0.2) is 0 Å². The Labute approximate surface area is 122 Å². The fourth-order valence-electron chi connectivity index (χ4n) is 1.60. The van der Waals surface area contributed by atoms with E-state index in [9.17, 15) is 4.79 Å². The lowest BCUT2D eigenvalue weighted by molar-refractivity contribution is 0.148. The van der Waals surface area contributed by atoms with Crippen molar-refractivity contribution < 1.29 is 9.53 Å². The molecule has 2 rings (SSSR count). The van der Waals surface area contributed by atoms with Crippen molar-refractivity contribution in [1.82, 2.24) is 9.97 Å². The average Bonchev–Trinajstić information content (AvgIpc) is 2.44. The molecule has 1 amide bonds. The average molecular weight is 292 g/mol. The fourth-order valence-corrected chi connectivity index (χ4v) is 1.82. The predicted octanol–water partition coefficient (Wildman–Crippen LogP) is 3.21. The Morgan fingerprint density at radius 3 is 2.65 bits per heavy atom. The number of aromatic nitrogens is 2. The standard InChI is InChI=1S/C14H14ClN3O2/c1-10-16-12(15)8-13(17-10)18(2)14(19)20-9-11-6-4-3-5-7-11/h3-8H,9H2,1-2H3. The van der Waals surface area contributed by atoms with E-state index in [0.717, 1.165) is 5.56 Å². The van der Waals surface area contributed by atoms with Crippen molar-refractivity contribution in [3.63, 3.8) is 0 Å². The van der Waals surface area contributed by atoms with Crippen molar-refractivity contribution in [2.45, 2.75) is 13.5 Å². The van der Waals surface area contributed by atoms with Gasteiger partial charge in [0.2, 0.25) is 0 Å². The lowest BCUT2D eigenvalue weighted by Gasteiger charge is -2.16. The third kappa shape index (κ3) is 3.68. The molecule has 0 fully saturated rings. The first-order chi connectivity index (χ1) is 9.56. The van der Waals surface area contributed by atoms with Crippen LogP contribution < -0.4 is 4.90 Å². The highest BCUT2D eigenvalue weighted by molar-refractivity contribution is 6.29. The molecule has 0 atom stereocenters. The van der Waals surface area contributed by atoms with Crippen LogP contribution in [0.1, 0.15) is 11.4 Å². The zero-order valence-electron chi connectivity index (χ0n) is 11.2. The molecule has 0 N–H and O–H groups in total. The third-order valence-corrected chi connectivity index (χ3v) is 2.81. The molecule has 0 aliphatic rings. The Morgan fingerprint density at radius 1 is 1.30 bits per heavy atom. The van der Waals surface area contributed by atoms with E-state index in [-0.39, 0.29) is 11.8 Å². The molecular formula is C14H14ClN3O2. The third-order valence-electron chi connectivity index (χ3n) is 2.62. The van der Waals surface area contributed by atoms with Gasteiger partial charge in [-0.05, 0) is 12.5 Å². The summed E-state index contributed by atoms with van der Waals surface area (Å²) in [6.07, 6.45) is -0.497. The molecule has 1 aromatic carbocycles. The van der Waals surface area contributed by atoms with E-state index in [0.29, 0.717) is 11.6 Å². The normalized spacial score (nSPS) is 10.2. The van der Waals surface area contributed by atoms with Gasteiger partial charge >= 0.3 is 6.09 Å². The van der Waals surface area contributed by atoms with Crippen molar-refractivity contribution in [2.75, 3.05) is 11.9 Å². The topological polar surface area (TPSA) is 55.3 Å². The highest BCUT2D eigenvalue weighted by Gasteiger charge is 2.15. The van der Waals surface area contributed by atoms with E-state index in [4.69, 9.17) is 16.3 Å². The first-order valence-electron chi connectivity index (χ1n) is 6.02. The summed E-state index contributed by atoms with van der Waals surface area (Å²) in [5.41, 5.74) is 0.922. The van der Waals surface area contributed by atoms with Gasteiger partial charge in [-0.2, -0.15) is 0 Å². The first kappa shape index (κ1) is 14.3. The van der Waals surface area contributed by atoms with E-state index in [1.165, 1.54) is 11.0 Å². The lowest BCUT2D eigenvalue weighted by atomic mass is 10.2. The van der Waals surface area contributed by atoms with Crippen molar-refractivity contribution in [2.24, 2.45) is 0 Å². The summed E-state index contributed by atoms with van der Waals surface area (Å²) < 4.78 is 5.21. The number of anilines is 1. The van der Waals surface area contributed by atoms with Crippen LogP contribution in [0, 0.1) is 6.92 Å². The Bertz CT molecular complexity index is 584. The van der Waals surface area contributed by atoms with Gasteiger partial charge < -0.3 is 4.74 Å². The Balaban J connectivity index is 2.01. The maximum Gasteiger partial charge on any atom is 0.415 e. The molecule has 0 spiro atoms. The number of ether oxygens (including phenoxy) is 1. The Morgan fingerprint density at radius 2 is 2.00 bits per heavy atom. The molecule has 0 aliphatic carbocycles. The molecule has 0 unspecified atom stereocenters. The van der Waals surface area contributed by atoms with Crippen molar-refractivity contribution in [3.8, 4) is 0 Å². The molecule has 0 radical (unpaired) electrons. The van der Waals surface area contributed by atoms with Crippen LogP contribution in [-0.4, -0.2) is 23.1 Å². The number of benzene rings is 1. The fraction of sp³-hybridized carbons (Fsp3) is 0.214. The first-order valence-corrected chi connectivity index (χ1v) is 6.39. The van der Waals surface area contributed by atoms with Gasteiger partial charge in [-0.3, -0.25) is 4.90 Å². The number of carbonyl (C=O) groups is 1. The van der Waals surface area contributed by atoms with E-state index in [2.05, 4.69) is 9.97 Å². The van der Waals surface area contributed by atoms with Crippen LogP contribution in [0.3, 0.4) is 0 Å². The summed E-state index contributed by atoms with van der Waals surface area (Å²) >= 11 is 5.84. The largest absolute Gasteiger partial charge is 0.444 e. The number of aryl methyl sites for hydroxylation is 1. The van der Waals surface area contributed by atoms with Crippen molar-refractivity contribution in [3.05, 3.63) is 52.9 Å². The number of nitrogens with zero attached hydrogens (tertiary/aromatic N) is 3. The van der Waals surface area contributed by atoms with Gasteiger partial charge in [0.1, 0.15) is 23.4 Å². The van der Waals surface area contributed by atoms with Crippen LogP contribution in [-0.2, 0) is 11.3 Å². The second kappa shape index (κ2) is 6.34. The highest BCUT2D eigenvalue weighted by Crippen LogP contribution is 2.15. The zero-order valence-corrected chi connectivity index (χ0v) is 12.0. The van der Waals surface area contributed by atoms with Crippen LogP contribution in [0.5, 0.6) is 0 Å². The van der Waals surface area contributed by atoms with Crippen LogP contribution in [0.25, 0.3) is 0 Å². The van der Waals surface area contributed by atoms with E-state index >= 15 is 0 Å². The van der Waals surface area contributed by atoms with Crippen LogP contribution >= 0.6 is 11.6 Å². The molecule has 20 heavy (non-hydrogen) atoms. The Kier molecular flexibility index (Phi) is 4.53. The van der Waals surface area contributed by atoms with Gasteiger partial charge in [-0.1, -0.05) is 41.9 Å². The van der Waals surface area contributed by atoms with Gasteiger partial charge in [-0.25, -0.2) is 14.8 Å². The lowest BCUT2D eigenvalue weighted by Crippen LogP contribution is -2.28. The molecule has 0 saturated heterocycles. The SMILES string of the molecule is Cc1nc(Cl)cc(N(C)C(=O)OCc2ccccc2)n1. The molecule has 2 aromatic rings. The molecule has 1 heterocycles. The van der Waals surface area contributed by atoms with Crippen molar-refractivity contribution >= 4 is 23.5 Å². The van der Waals surface area contributed by atoms with Gasteiger partial charge in [0.05, 0.1) is 0 Å². The summed E-state index contributed by atoms with van der Waals surface area (Å²) in [4.78, 5) is 21.3. The maximum absolute atomic E-state index is 11.9. The van der Waals surface area contributed by atoms with E-state index < -0.39 is 6.09 Å². The zero-order chi connectivity index (χ0) is 14.5. The van der Waals surface area contributed by atoms with Crippen LogP contribution in [0.4, 0.5) is 10.6 Å².